The molecule has 0 spiro atoms. The summed E-state index contributed by atoms with van der Waals surface area (Å²) in [7, 11) is 0. The first-order valence-electron chi connectivity index (χ1n) is 5.36. The van der Waals surface area contributed by atoms with Crippen LogP contribution in [0.15, 0.2) is 18.2 Å². The van der Waals surface area contributed by atoms with E-state index in [9.17, 15) is 4.79 Å². The highest BCUT2D eigenvalue weighted by atomic mass is 35.5. The van der Waals surface area contributed by atoms with E-state index in [0.717, 1.165) is 0 Å². The molecule has 1 fully saturated rings. The van der Waals surface area contributed by atoms with Crippen LogP contribution < -0.4 is 10.6 Å². The second-order valence-corrected chi connectivity index (χ2v) is 4.46. The van der Waals surface area contributed by atoms with Gasteiger partial charge in [0.25, 0.3) is 0 Å². The number of nitrogens with zero attached hydrogens (tertiary/aromatic N) is 2. The summed E-state index contributed by atoms with van der Waals surface area (Å²) >= 11 is 5.94. The van der Waals surface area contributed by atoms with Gasteiger partial charge in [0.05, 0.1) is 16.3 Å². The van der Waals surface area contributed by atoms with Crippen LogP contribution in [0.5, 0.6) is 0 Å². The van der Waals surface area contributed by atoms with Gasteiger partial charge in [0, 0.05) is 13.0 Å². The maximum atomic E-state index is 11.8. The molecule has 1 aromatic carbocycles. The fourth-order valence-corrected chi connectivity index (χ4v) is 2.23. The van der Waals surface area contributed by atoms with Crippen molar-refractivity contribution in [2.45, 2.75) is 6.42 Å². The number of hydrogen-bond donors (Lipinski definition) is 1. The molecule has 0 radical (unpaired) electrons. The minimum Gasteiger partial charge on any atom is -0.330 e. The summed E-state index contributed by atoms with van der Waals surface area (Å²) in [4.78, 5) is 13.4. The molecular formula is C12H12ClN3O. The number of anilines is 1. The van der Waals surface area contributed by atoms with Gasteiger partial charge in [0.1, 0.15) is 6.07 Å². The van der Waals surface area contributed by atoms with Crippen molar-refractivity contribution in [3.05, 3.63) is 28.8 Å². The number of rotatable bonds is 2. The number of benzene rings is 1. The summed E-state index contributed by atoms with van der Waals surface area (Å²) in [6.45, 7) is 1.04. The Morgan fingerprint density at radius 1 is 1.59 bits per heavy atom. The lowest BCUT2D eigenvalue weighted by Crippen LogP contribution is -2.26. The zero-order valence-corrected chi connectivity index (χ0v) is 9.94. The largest absolute Gasteiger partial charge is 0.330 e. The molecule has 0 bridgehead atoms. The van der Waals surface area contributed by atoms with Crippen LogP contribution in [-0.4, -0.2) is 19.0 Å². The molecule has 0 aromatic heterocycles. The quantitative estimate of drug-likeness (QED) is 0.864. The second-order valence-electron chi connectivity index (χ2n) is 4.06. The average Bonchev–Trinajstić information content (AvgIpc) is 2.70. The van der Waals surface area contributed by atoms with Gasteiger partial charge < -0.3 is 10.6 Å². The summed E-state index contributed by atoms with van der Waals surface area (Å²) < 4.78 is 0. The maximum Gasteiger partial charge on any atom is 0.227 e. The van der Waals surface area contributed by atoms with Gasteiger partial charge in [-0.2, -0.15) is 5.26 Å². The Morgan fingerprint density at radius 2 is 2.35 bits per heavy atom. The van der Waals surface area contributed by atoms with Crippen molar-refractivity contribution in [1.29, 1.82) is 5.26 Å². The van der Waals surface area contributed by atoms with E-state index in [1.54, 1.807) is 23.1 Å². The molecule has 5 heteroatoms. The third kappa shape index (κ3) is 2.12. The van der Waals surface area contributed by atoms with Crippen LogP contribution in [0, 0.1) is 17.2 Å². The van der Waals surface area contributed by atoms with E-state index in [0.29, 0.717) is 35.8 Å². The molecule has 2 N–H and O–H groups in total. The van der Waals surface area contributed by atoms with Crippen LogP contribution in [-0.2, 0) is 4.79 Å². The Labute approximate surface area is 105 Å². The first-order chi connectivity index (χ1) is 8.17. The Bertz CT molecular complexity index is 495. The Hall–Kier alpha value is -1.57. The molecule has 1 aliphatic rings. The molecule has 1 saturated heterocycles. The first kappa shape index (κ1) is 11.9. The highest BCUT2D eigenvalue weighted by molar-refractivity contribution is 6.32. The topological polar surface area (TPSA) is 70.1 Å². The third-order valence-corrected chi connectivity index (χ3v) is 3.25. The van der Waals surface area contributed by atoms with Crippen molar-refractivity contribution in [1.82, 2.24) is 0 Å². The minimum absolute atomic E-state index is 0.000725. The van der Waals surface area contributed by atoms with Gasteiger partial charge in [-0.3, -0.25) is 4.79 Å². The van der Waals surface area contributed by atoms with Crippen LogP contribution >= 0.6 is 11.6 Å². The number of halogens is 1. The monoisotopic (exact) mass is 249 g/mol. The maximum absolute atomic E-state index is 11.8. The van der Waals surface area contributed by atoms with Crippen LogP contribution in [0.2, 0.25) is 5.02 Å². The minimum atomic E-state index is -0.000725. The fourth-order valence-electron chi connectivity index (χ4n) is 2.02. The van der Waals surface area contributed by atoms with E-state index < -0.39 is 0 Å². The Kier molecular flexibility index (Phi) is 3.32. The predicted octanol–water partition coefficient (Wildman–Crippen LogP) is 1.52. The molecule has 1 amide bonds. The van der Waals surface area contributed by atoms with E-state index in [1.807, 2.05) is 6.07 Å². The lowest BCUT2D eigenvalue weighted by molar-refractivity contribution is -0.117. The molecule has 1 aliphatic heterocycles. The molecule has 4 nitrogen and oxygen atoms in total. The van der Waals surface area contributed by atoms with E-state index in [2.05, 4.69) is 0 Å². The van der Waals surface area contributed by atoms with Gasteiger partial charge in [0.15, 0.2) is 0 Å². The van der Waals surface area contributed by atoms with Gasteiger partial charge in [-0.25, -0.2) is 0 Å². The molecule has 0 aliphatic carbocycles. The summed E-state index contributed by atoms with van der Waals surface area (Å²) in [6, 6.07) is 7.16. The highest BCUT2D eigenvalue weighted by Gasteiger charge is 2.31. The molecule has 2 rings (SSSR count). The fraction of sp³-hybridized carbons (Fsp3) is 0.333. The molecule has 1 atom stereocenters. The zero-order chi connectivity index (χ0) is 12.4. The van der Waals surface area contributed by atoms with Crippen molar-refractivity contribution in [2.75, 3.05) is 18.0 Å². The number of carbonyl (C=O) groups is 1. The normalized spacial score (nSPS) is 19.5. The van der Waals surface area contributed by atoms with Gasteiger partial charge >= 0.3 is 0 Å². The van der Waals surface area contributed by atoms with Gasteiger partial charge in [-0.15, -0.1) is 0 Å². The Balaban J connectivity index is 2.39. The third-order valence-electron chi connectivity index (χ3n) is 2.93. The van der Waals surface area contributed by atoms with E-state index in [-0.39, 0.29) is 11.8 Å². The predicted molar refractivity (Wildman–Crippen MR) is 65.7 cm³/mol. The van der Waals surface area contributed by atoms with Crippen LogP contribution in [0.4, 0.5) is 5.69 Å². The van der Waals surface area contributed by atoms with Gasteiger partial charge in [-0.1, -0.05) is 17.7 Å². The van der Waals surface area contributed by atoms with E-state index in [1.165, 1.54) is 0 Å². The second kappa shape index (κ2) is 4.74. The number of carbonyl (C=O) groups excluding carboxylic acids is 1. The highest BCUT2D eigenvalue weighted by Crippen LogP contribution is 2.31. The summed E-state index contributed by atoms with van der Waals surface area (Å²) in [5.41, 5.74) is 6.50. The van der Waals surface area contributed by atoms with E-state index >= 15 is 0 Å². The SMILES string of the molecule is N#Cc1c(Cl)cccc1N1CC(CN)CC1=O. The first-order valence-corrected chi connectivity index (χ1v) is 5.74. The average molecular weight is 250 g/mol. The number of amides is 1. The van der Waals surface area contributed by atoms with Crippen molar-refractivity contribution >= 4 is 23.2 Å². The van der Waals surface area contributed by atoms with Crippen LogP contribution in [0.1, 0.15) is 12.0 Å². The molecule has 1 unspecified atom stereocenters. The smallest absolute Gasteiger partial charge is 0.227 e. The Morgan fingerprint density at radius 3 is 2.94 bits per heavy atom. The molecule has 1 heterocycles. The summed E-state index contributed by atoms with van der Waals surface area (Å²) in [5, 5.41) is 9.44. The molecule has 17 heavy (non-hydrogen) atoms. The lowest BCUT2D eigenvalue weighted by Gasteiger charge is -2.18. The summed E-state index contributed by atoms with van der Waals surface area (Å²) in [6.07, 6.45) is 0.438. The van der Waals surface area contributed by atoms with Gasteiger partial charge in [-0.05, 0) is 24.6 Å². The summed E-state index contributed by atoms with van der Waals surface area (Å²) in [5.74, 6) is 0.159. The van der Waals surface area contributed by atoms with Gasteiger partial charge in [0.2, 0.25) is 5.91 Å². The lowest BCUT2D eigenvalue weighted by atomic mass is 10.1. The standard InChI is InChI=1S/C12H12ClN3O/c13-10-2-1-3-11(9(10)6-15)16-7-8(5-14)4-12(16)17/h1-3,8H,4-5,7,14H2. The van der Waals surface area contributed by atoms with Crippen molar-refractivity contribution < 1.29 is 4.79 Å². The molecule has 0 saturated carbocycles. The number of nitriles is 1. The number of nitrogens with two attached hydrogens (primary N) is 1. The van der Waals surface area contributed by atoms with Crippen LogP contribution in [0.3, 0.4) is 0 Å². The molecular weight excluding hydrogens is 238 g/mol. The van der Waals surface area contributed by atoms with Crippen molar-refractivity contribution in [3.63, 3.8) is 0 Å². The molecule has 1 aromatic rings. The zero-order valence-electron chi connectivity index (χ0n) is 9.19. The van der Waals surface area contributed by atoms with E-state index in [4.69, 9.17) is 22.6 Å². The number of hydrogen-bond acceptors (Lipinski definition) is 3. The van der Waals surface area contributed by atoms with Crippen molar-refractivity contribution in [2.24, 2.45) is 11.7 Å². The molecule has 88 valence electrons. The van der Waals surface area contributed by atoms with Crippen LogP contribution in [0.25, 0.3) is 0 Å². The van der Waals surface area contributed by atoms with Crippen molar-refractivity contribution in [3.8, 4) is 6.07 Å².